The minimum Gasteiger partial charge on any atom is -0.461 e. The lowest BCUT2D eigenvalue weighted by atomic mass is 10.1. The van der Waals surface area contributed by atoms with Gasteiger partial charge in [-0.3, -0.25) is 0 Å². The van der Waals surface area contributed by atoms with Crippen molar-refractivity contribution in [2.45, 2.75) is 19.1 Å². The van der Waals surface area contributed by atoms with Crippen LogP contribution >= 0.6 is 0 Å². The maximum atomic E-state index is 13.3. The average molecular weight is 419 g/mol. The van der Waals surface area contributed by atoms with E-state index >= 15 is 0 Å². The number of halogens is 6. The maximum absolute atomic E-state index is 13.3. The number of ether oxygens (including phenoxy) is 2. The Morgan fingerprint density at radius 3 is 2.31 bits per heavy atom. The van der Waals surface area contributed by atoms with E-state index in [-0.39, 0.29) is 24.7 Å². The molecule has 0 saturated carbocycles. The molecule has 29 heavy (non-hydrogen) atoms. The van der Waals surface area contributed by atoms with Crippen LogP contribution in [0.4, 0.5) is 26.3 Å². The van der Waals surface area contributed by atoms with Gasteiger partial charge >= 0.3 is 18.5 Å². The molecule has 0 unspecified atom stereocenters. The molecule has 2 heterocycles. The normalized spacial score (nSPS) is 12.1. The molecule has 1 aromatic carbocycles. The zero-order valence-electron chi connectivity index (χ0n) is 14.3. The molecule has 7 nitrogen and oxygen atoms in total. The molecular formula is C16H11F6N5O2. The van der Waals surface area contributed by atoms with Gasteiger partial charge < -0.3 is 9.47 Å². The summed E-state index contributed by atoms with van der Waals surface area (Å²) in [6.45, 7) is 0.260. The quantitative estimate of drug-likeness (QED) is 0.567. The number of nitrogens with zero attached hydrogens (tertiary/aromatic N) is 5. The molecular weight excluding hydrogens is 408 g/mol. The number of hydrogen-bond donors (Lipinski definition) is 0. The topological polar surface area (TPSA) is 75.0 Å². The van der Waals surface area contributed by atoms with Gasteiger partial charge in [0, 0.05) is 11.8 Å². The predicted octanol–water partition coefficient (Wildman–Crippen LogP) is 3.73. The first-order chi connectivity index (χ1) is 13.6. The molecule has 0 aliphatic carbocycles. The molecule has 0 amide bonds. The van der Waals surface area contributed by atoms with Gasteiger partial charge in [0.2, 0.25) is 0 Å². The van der Waals surface area contributed by atoms with Crippen LogP contribution in [-0.4, -0.2) is 37.7 Å². The van der Waals surface area contributed by atoms with E-state index in [2.05, 4.69) is 24.8 Å². The fraction of sp³-hybridized carbons (Fsp3) is 0.250. The third-order valence-electron chi connectivity index (χ3n) is 3.45. The molecule has 3 aromatic rings. The van der Waals surface area contributed by atoms with Crippen LogP contribution in [0.5, 0.6) is 11.8 Å². The predicted molar refractivity (Wildman–Crippen MR) is 84.7 cm³/mol. The number of rotatable bonds is 6. The van der Waals surface area contributed by atoms with Crippen LogP contribution in [0.1, 0.15) is 5.56 Å². The van der Waals surface area contributed by atoms with Crippen LogP contribution in [0.25, 0.3) is 11.3 Å². The molecule has 0 spiro atoms. The standard InChI is InChI=1S/C16H11F6N5O2/c17-15(18,19)12-7-24-14(28-6-5-27-9-23-8-25-27)26-13(12)10-1-3-11(4-2-10)29-16(20,21)22/h1-4,7-9H,5-6H2. The van der Waals surface area contributed by atoms with E-state index in [9.17, 15) is 26.3 Å². The molecule has 0 radical (unpaired) electrons. The monoisotopic (exact) mass is 419 g/mol. The fourth-order valence-electron chi connectivity index (χ4n) is 2.26. The largest absolute Gasteiger partial charge is 0.573 e. The van der Waals surface area contributed by atoms with E-state index in [4.69, 9.17) is 4.74 Å². The smallest absolute Gasteiger partial charge is 0.461 e. The van der Waals surface area contributed by atoms with Crippen LogP contribution in [0.3, 0.4) is 0 Å². The van der Waals surface area contributed by atoms with E-state index < -0.39 is 29.5 Å². The first kappa shape index (κ1) is 20.4. The summed E-state index contributed by atoms with van der Waals surface area (Å²) in [5.41, 5.74) is -1.79. The Hall–Kier alpha value is -3.38. The van der Waals surface area contributed by atoms with Crippen LogP contribution in [0.15, 0.2) is 43.1 Å². The van der Waals surface area contributed by atoms with E-state index in [0.717, 1.165) is 24.3 Å². The lowest BCUT2D eigenvalue weighted by Crippen LogP contribution is -2.17. The molecule has 0 bridgehead atoms. The summed E-state index contributed by atoms with van der Waals surface area (Å²) in [6.07, 6.45) is -6.42. The van der Waals surface area contributed by atoms with Crippen molar-refractivity contribution in [2.24, 2.45) is 0 Å². The van der Waals surface area contributed by atoms with Crippen molar-refractivity contribution in [3.05, 3.63) is 48.7 Å². The third-order valence-corrected chi connectivity index (χ3v) is 3.45. The van der Waals surface area contributed by atoms with Crippen molar-refractivity contribution in [2.75, 3.05) is 6.61 Å². The molecule has 13 heteroatoms. The molecule has 2 aromatic heterocycles. The van der Waals surface area contributed by atoms with Crippen molar-refractivity contribution >= 4 is 0 Å². The molecule has 3 rings (SSSR count). The number of hydrogen-bond acceptors (Lipinski definition) is 6. The van der Waals surface area contributed by atoms with Crippen LogP contribution in [0, 0.1) is 0 Å². The van der Waals surface area contributed by atoms with Gasteiger partial charge in [0.25, 0.3) is 0 Å². The minimum absolute atomic E-state index is 0.00647. The van der Waals surface area contributed by atoms with Crippen LogP contribution < -0.4 is 9.47 Å². The zero-order chi connectivity index (χ0) is 21.1. The number of benzene rings is 1. The molecule has 0 saturated heterocycles. The van der Waals surface area contributed by atoms with Gasteiger partial charge in [-0.2, -0.15) is 23.3 Å². The second-order valence-electron chi connectivity index (χ2n) is 5.49. The second kappa shape index (κ2) is 7.93. The molecule has 0 aliphatic rings. The van der Waals surface area contributed by atoms with E-state index in [0.29, 0.717) is 6.20 Å². The van der Waals surface area contributed by atoms with Crippen LogP contribution in [0.2, 0.25) is 0 Å². The summed E-state index contributed by atoms with van der Waals surface area (Å²) in [5, 5.41) is 3.84. The van der Waals surface area contributed by atoms with E-state index in [1.54, 1.807) is 0 Å². The van der Waals surface area contributed by atoms with Crippen molar-refractivity contribution in [1.82, 2.24) is 24.7 Å². The summed E-state index contributed by atoms with van der Waals surface area (Å²) in [5.74, 6) is -0.576. The first-order valence-corrected chi connectivity index (χ1v) is 7.87. The Morgan fingerprint density at radius 1 is 1.00 bits per heavy atom. The summed E-state index contributed by atoms with van der Waals surface area (Å²) in [6, 6.07) is 3.49. The van der Waals surface area contributed by atoms with Crippen molar-refractivity contribution in [3.8, 4) is 23.0 Å². The molecule has 0 N–H and O–H groups in total. The zero-order valence-corrected chi connectivity index (χ0v) is 14.3. The Morgan fingerprint density at radius 2 is 1.72 bits per heavy atom. The Kier molecular flexibility index (Phi) is 5.57. The molecule has 0 aliphatic heterocycles. The van der Waals surface area contributed by atoms with Crippen LogP contribution in [-0.2, 0) is 12.7 Å². The van der Waals surface area contributed by atoms with Gasteiger partial charge in [-0.25, -0.2) is 14.6 Å². The lowest BCUT2D eigenvalue weighted by Gasteiger charge is -2.14. The highest BCUT2D eigenvalue weighted by Gasteiger charge is 2.36. The Balaban J connectivity index is 1.84. The lowest BCUT2D eigenvalue weighted by molar-refractivity contribution is -0.274. The van der Waals surface area contributed by atoms with Gasteiger partial charge in [-0.05, 0) is 24.3 Å². The van der Waals surface area contributed by atoms with Gasteiger partial charge in [0.1, 0.15) is 30.6 Å². The Bertz CT molecular complexity index is 942. The summed E-state index contributed by atoms with van der Waals surface area (Å²) in [7, 11) is 0. The highest BCUT2D eigenvalue weighted by atomic mass is 19.4. The molecule has 0 fully saturated rings. The van der Waals surface area contributed by atoms with Gasteiger partial charge in [0.05, 0.1) is 12.2 Å². The Labute approximate surface area is 158 Å². The molecule has 0 atom stereocenters. The van der Waals surface area contributed by atoms with Gasteiger partial charge in [0.15, 0.2) is 0 Å². The molecule has 154 valence electrons. The van der Waals surface area contributed by atoms with Crippen molar-refractivity contribution in [1.29, 1.82) is 0 Å². The van der Waals surface area contributed by atoms with Crippen molar-refractivity contribution in [3.63, 3.8) is 0 Å². The van der Waals surface area contributed by atoms with Gasteiger partial charge in [-0.15, -0.1) is 13.2 Å². The second-order valence-corrected chi connectivity index (χ2v) is 5.49. The SMILES string of the molecule is FC(F)(F)Oc1ccc(-c2nc(OCCn3cncn3)ncc2C(F)(F)F)cc1. The minimum atomic E-state index is -4.92. The summed E-state index contributed by atoms with van der Waals surface area (Å²) in [4.78, 5) is 11.0. The number of alkyl halides is 6. The van der Waals surface area contributed by atoms with Gasteiger partial charge in [-0.1, -0.05) is 0 Å². The summed E-state index contributed by atoms with van der Waals surface area (Å²) < 4.78 is 87.0. The third kappa shape index (κ3) is 5.56. The highest BCUT2D eigenvalue weighted by molar-refractivity contribution is 5.64. The fourth-order valence-corrected chi connectivity index (χ4v) is 2.26. The van der Waals surface area contributed by atoms with Crippen molar-refractivity contribution < 1.29 is 35.8 Å². The average Bonchev–Trinajstić information content (AvgIpc) is 3.13. The van der Waals surface area contributed by atoms with E-state index in [1.165, 1.54) is 17.3 Å². The number of aromatic nitrogens is 5. The highest BCUT2D eigenvalue weighted by Crippen LogP contribution is 2.37. The van der Waals surface area contributed by atoms with E-state index in [1.807, 2.05) is 0 Å². The summed E-state index contributed by atoms with van der Waals surface area (Å²) >= 11 is 0. The maximum Gasteiger partial charge on any atom is 0.573 e. The first-order valence-electron chi connectivity index (χ1n) is 7.87.